The van der Waals surface area contributed by atoms with Crippen LogP contribution in [0.3, 0.4) is 0 Å². The number of fused-ring (bicyclic) bond motifs is 1. The number of benzene rings is 2. The van der Waals surface area contributed by atoms with Crippen molar-refractivity contribution in [3.63, 3.8) is 0 Å². The number of carbonyl (C=O) groups excluding carboxylic acids is 1. The van der Waals surface area contributed by atoms with Gasteiger partial charge in [-0.15, -0.1) is 0 Å². The van der Waals surface area contributed by atoms with Crippen LogP contribution in [0.25, 0.3) is 10.2 Å². The summed E-state index contributed by atoms with van der Waals surface area (Å²) in [5.74, 6) is 0.578. The summed E-state index contributed by atoms with van der Waals surface area (Å²) in [4.78, 5) is 18.6. The van der Waals surface area contributed by atoms with Gasteiger partial charge in [0.2, 0.25) is 0 Å². The number of aryl methyl sites for hydroxylation is 1. The van der Waals surface area contributed by atoms with Gasteiger partial charge in [-0.05, 0) is 43.7 Å². The van der Waals surface area contributed by atoms with E-state index in [1.165, 1.54) is 11.3 Å². The lowest BCUT2D eigenvalue weighted by Gasteiger charge is -2.20. The van der Waals surface area contributed by atoms with E-state index < -0.39 is 6.10 Å². The van der Waals surface area contributed by atoms with Crippen molar-refractivity contribution in [1.29, 1.82) is 0 Å². The fourth-order valence-corrected chi connectivity index (χ4v) is 3.25. The lowest BCUT2D eigenvalue weighted by atomic mass is 10.2. The topological polar surface area (TPSA) is 42.4 Å². The van der Waals surface area contributed by atoms with Crippen LogP contribution in [-0.4, -0.2) is 24.0 Å². The second kappa shape index (κ2) is 6.38. The summed E-state index contributed by atoms with van der Waals surface area (Å²) < 4.78 is 6.82. The molecule has 0 saturated carbocycles. The van der Waals surface area contributed by atoms with E-state index in [0.29, 0.717) is 10.9 Å². The van der Waals surface area contributed by atoms with Crippen molar-refractivity contribution in [2.75, 3.05) is 11.9 Å². The van der Waals surface area contributed by atoms with E-state index in [2.05, 4.69) is 4.98 Å². The lowest BCUT2D eigenvalue weighted by molar-refractivity contribution is -0.124. The number of thiazole rings is 1. The summed E-state index contributed by atoms with van der Waals surface area (Å²) in [6.07, 6.45) is -0.575. The molecule has 118 valence electrons. The maximum atomic E-state index is 12.6. The number of aromatic nitrogens is 1. The minimum atomic E-state index is -0.575. The van der Waals surface area contributed by atoms with Gasteiger partial charge in [0.1, 0.15) is 5.75 Å². The largest absolute Gasteiger partial charge is 0.481 e. The number of para-hydroxylation sites is 1. The summed E-state index contributed by atoms with van der Waals surface area (Å²) >= 11 is 1.50. The Labute approximate surface area is 139 Å². The molecule has 0 bridgehead atoms. The third kappa shape index (κ3) is 3.35. The highest BCUT2D eigenvalue weighted by Gasteiger charge is 2.22. The van der Waals surface area contributed by atoms with Crippen molar-refractivity contribution >= 4 is 32.6 Å². The standard InChI is InChI=1S/C18H18N2O2S/c1-12-7-6-8-14(11-12)22-13(2)17(21)20(3)18-19-15-9-4-5-10-16(15)23-18/h4-11,13H,1-3H3. The maximum absolute atomic E-state index is 12.6. The number of amides is 1. The second-order valence-corrected chi connectivity index (χ2v) is 6.45. The molecule has 0 N–H and O–H groups in total. The van der Waals surface area contributed by atoms with Gasteiger partial charge in [-0.25, -0.2) is 4.98 Å². The third-order valence-electron chi connectivity index (χ3n) is 3.55. The highest BCUT2D eigenvalue weighted by atomic mass is 32.1. The van der Waals surface area contributed by atoms with Crippen LogP contribution in [0, 0.1) is 6.92 Å². The van der Waals surface area contributed by atoms with Crippen LogP contribution in [0.2, 0.25) is 0 Å². The van der Waals surface area contributed by atoms with Crippen LogP contribution in [-0.2, 0) is 4.79 Å². The van der Waals surface area contributed by atoms with Gasteiger partial charge in [-0.3, -0.25) is 9.69 Å². The highest BCUT2D eigenvalue weighted by Crippen LogP contribution is 2.28. The van der Waals surface area contributed by atoms with Gasteiger partial charge in [0, 0.05) is 7.05 Å². The molecule has 4 nitrogen and oxygen atoms in total. The van der Waals surface area contributed by atoms with Gasteiger partial charge in [-0.1, -0.05) is 35.6 Å². The smallest absolute Gasteiger partial charge is 0.269 e. The third-order valence-corrected chi connectivity index (χ3v) is 4.66. The quantitative estimate of drug-likeness (QED) is 0.727. The fourth-order valence-electron chi connectivity index (χ4n) is 2.31. The minimum absolute atomic E-state index is 0.120. The zero-order chi connectivity index (χ0) is 16.4. The van der Waals surface area contributed by atoms with Crippen LogP contribution in [0.4, 0.5) is 5.13 Å². The highest BCUT2D eigenvalue weighted by molar-refractivity contribution is 7.22. The fraction of sp³-hybridized carbons (Fsp3) is 0.222. The molecular formula is C18H18N2O2S. The first-order chi connectivity index (χ1) is 11.0. The van der Waals surface area contributed by atoms with E-state index in [1.54, 1.807) is 18.9 Å². The first-order valence-electron chi connectivity index (χ1n) is 7.41. The van der Waals surface area contributed by atoms with Crippen LogP contribution in [0.1, 0.15) is 12.5 Å². The molecule has 5 heteroatoms. The summed E-state index contributed by atoms with van der Waals surface area (Å²) in [6, 6.07) is 15.5. The Morgan fingerprint density at radius 3 is 2.74 bits per heavy atom. The van der Waals surface area contributed by atoms with Crippen molar-refractivity contribution in [2.45, 2.75) is 20.0 Å². The van der Waals surface area contributed by atoms with Gasteiger partial charge in [0.05, 0.1) is 10.2 Å². The molecular weight excluding hydrogens is 308 g/mol. The summed E-state index contributed by atoms with van der Waals surface area (Å²) in [7, 11) is 1.73. The SMILES string of the molecule is Cc1cccc(OC(C)C(=O)N(C)c2nc3ccccc3s2)c1. The Balaban J connectivity index is 1.75. The zero-order valence-electron chi connectivity index (χ0n) is 13.3. The zero-order valence-corrected chi connectivity index (χ0v) is 14.1. The predicted molar refractivity (Wildman–Crippen MR) is 94.3 cm³/mol. The van der Waals surface area contributed by atoms with Gasteiger partial charge in [0.25, 0.3) is 5.91 Å². The summed E-state index contributed by atoms with van der Waals surface area (Å²) in [5, 5.41) is 0.677. The first-order valence-corrected chi connectivity index (χ1v) is 8.23. The van der Waals surface area contributed by atoms with Gasteiger partial charge in [0.15, 0.2) is 11.2 Å². The molecule has 0 aliphatic rings. The van der Waals surface area contributed by atoms with Crippen LogP contribution in [0.15, 0.2) is 48.5 Å². The number of likely N-dealkylation sites (N-methyl/N-ethyl adjacent to an activating group) is 1. The molecule has 1 heterocycles. The summed E-state index contributed by atoms with van der Waals surface area (Å²) in [5.41, 5.74) is 2.00. The molecule has 0 spiro atoms. The molecule has 0 aliphatic heterocycles. The maximum Gasteiger partial charge on any atom is 0.269 e. The van der Waals surface area contributed by atoms with E-state index >= 15 is 0 Å². The molecule has 0 saturated heterocycles. The monoisotopic (exact) mass is 326 g/mol. The van der Waals surface area contributed by atoms with E-state index in [1.807, 2.05) is 55.5 Å². The number of ether oxygens (including phenoxy) is 1. The molecule has 0 radical (unpaired) electrons. The average Bonchev–Trinajstić information content (AvgIpc) is 2.97. The van der Waals surface area contributed by atoms with Crippen LogP contribution in [0.5, 0.6) is 5.75 Å². The predicted octanol–water partition coefficient (Wildman–Crippen LogP) is 4.04. The lowest BCUT2D eigenvalue weighted by Crippen LogP contribution is -2.37. The van der Waals surface area contributed by atoms with E-state index in [-0.39, 0.29) is 5.91 Å². The minimum Gasteiger partial charge on any atom is -0.481 e. The Morgan fingerprint density at radius 2 is 2.00 bits per heavy atom. The molecule has 2 aromatic carbocycles. The number of hydrogen-bond acceptors (Lipinski definition) is 4. The number of nitrogens with zero attached hydrogens (tertiary/aromatic N) is 2. The van der Waals surface area contributed by atoms with Crippen molar-refractivity contribution < 1.29 is 9.53 Å². The van der Waals surface area contributed by atoms with Crippen LogP contribution >= 0.6 is 11.3 Å². The molecule has 23 heavy (non-hydrogen) atoms. The molecule has 1 aromatic heterocycles. The van der Waals surface area contributed by atoms with Crippen molar-refractivity contribution in [3.05, 3.63) is 54.1 Å². The molecule has 0 fully saturated rings. The Kier molecular flexibility index (Phi) is 4.30. The molecule has 3 aromatic rings. The van der Waals surface area contributed by atoms with Crippen molar-refractivity contribution in [2.24, 2.45) is 0 Å². The number of rotatable bonds is 4. The molecule has 3 rings (SSSR count). The van der Waals surface area contributed by atoms with Crippen molar-refractivity contribution in [3.8, 4) is 5.75 Å². The first kappa shape index (κ1) is 15.5. The molecule has 1 unspecified atom stereocenters. The number of carbonyl (C=O) groups is 1. The number of anilines is 1. The molecule has 1 atom stereocenters. The van der Waals surface area contributed by atoms with Crippen LogP contribution < -0.4 is 9.64 Å². The van der Waals surface area contributed by atoms with E-state index in [9.17, 15) is 4.79 Å². The van der Waals surface area contributed by atoms with E-state index in [4.69, 9.17) is 4.74 Å². The second-order valence-electron chi connectivity index (χ2n) is 5.44. The Hall–Kier alpha value is -2.40. The Morgan fingerprint density at radius 1 is 1.22 bits per heavy atom. The normalized spacial score (nSPS) is 12.1. The van der Waals surface area contributed by atoms with Gasteiger partial charge in [-0.2, -0.15) is 0 Å². The summed E-state index contributed by atoms with van der Waals surface area (Å²) in [6.45, 7) is 3.75. The van der Waals surface area contributed by atoms with Gasteiger partial charge < -0.3 is 4.74 Å². The number of hydrogen-bond donors (Lipinski definition) is 0. The van der Waals surface area contributed by atoms with E-state index in [0.717, 1.165) is 15.8 Å². The molecule has 0 aliphatic carbocycles. The van der Waals surface area contributed by atoms with Gasteiger partial charge >= 0.3 is 0 Å². The average molecular weight is 326 g/mol. The molecule has 1 amide bonds. The Bertz CT molecular complexity index is 811. The van der Waals surface area contributed by atoms with Crippen molar-refractivity contribution in [1.82, 2.24) is 4.98 Å².